The van der Waals surface area contributed by atoms with E-state index in [1.54, 1.807) is 0 Å². The molecule has 0 spiro atoms. The van der Waals surface area contributed by atoms with Crippen LogP contribution in [0.4, 0.5) is 8.78 Å². The topological polar surface area (TPSA) is 55.1 Å². The summed E-state index contributed by atoms with van der Waals surface area (Å²) in [5.74, 6) is -6.08. The summed E-state index contributed by atoms with van der Waals surface area (Å²) in [7, 11) is 1.31. The van der Waals surface area contributed by atoms with Gasteiger partial charge in [0.1, 0.15) is 5.69 Å². The monoisotopic (exact) mass is 232 g/mol. The van der Waals surface area contributed by atoms with Crippen LogP contribution in [0.15, 0.2) is 6.07 Å². The molecule has 4 nitrogen and oxygen atoms in total. The number of halogens is 2. The van der Waals surface area contributed by atoms with E-state index in [1.165, 1.54) is 7.05 Å². The third-order valence-corrected chi connectivity index (χ3v) is 2.24. The van der Waals surface area contributed by atoms with Crippen LogP contribution in [0, 0.1) is 0 Å². The Morgan fingerprint density at radius 3 is 2.25 bits per heavy atom. The molecule has 6 heteroatoms. The molecule has 0 amide bonds. The highest BCUT2D eigenvalue weighted by Crippen LogP contribution is 2.31. The van der Waals surface area contributed by atoms with Crippen molar-refractivity contribution in [1.82, 2.24) is 9.78 Å². The predicted octanol–water partition coefficient (Wildman–Crippen LogP) is 1.89. The van der Waals surface area contributed by atoms with Crippen molar-refractivity contribution in [2.45, 2.75) is 32.1 Å². The number of rotatable bonds is 2. The van der Waals surface area contributed by atoms with Gasteiger partial charge in [-0.15, -0.1) is 0 Å². The summed E-state index contributed by atoms with van der Waals surface area (Å²) in [6.07, 6.45) is 0. The summed E-state index contributed by atoms with van der Waals surface area (Å²) in [5, 5.41) is 12.3. The molecular formula is C10H14F2N2O2. The van der Waals surface area contributed by atoms with Gasteiger partial charge in [0.15, 0.2) is 0 Å². The van der Waals surface area contributed by atoms with Crippen molar-refractivity contribution in [3.05, 3.63) is 17.5 Å². The molecule has 0 atom stereocenters. The first-order chi connectivity index (χ1) is 7.06. The maximum Gasteiger partial charge on any atom is 0.383 e. The van der Waals surface area contributed by atoms with Crippen LogP contribution in [0.1, 0.15) is 32.2 Å². The fourth-order valence-corrected chi connectivity index (χ4v) is 1.24. The number of hydrogen-bond donors (Lipinski definition) is 1. The van der Waals surface area contributed by atoms with Crippen molar-refractivity contribution in [2.24, 2.45) is 7.05 Å². The molecule has 0 unspecified atom stereocenters. The SMILES string of the molecule is Cn1nc(C(C)(C)C)cc1C(F)(F)C(=O)O. The minimum Gasteiger partial charge on any atom is -0.476 e. The van der Waals surface area contributed by atoms with E-state index in [1.807, 2.05) is 20.8 Å². The Labute approximate surface area is 91.9 Å². The van der Waals surface area contributed by atoms with Crippen LogP contribution < -0.4 is 0 Å². The highest BCUT2D eigenvalue weighted by Gasteiger charge is 2.44. The lowest BCUT2D eigenvalue weighted by Gasteiger charge is -2.13. The number of aromatic nitrogens is 2. The van der Waals surface area contributed by atoms with E-state index in [9.17, 15) is 13.6 Å². The lowest BCUT2D eigenvalue weighted by atomic mass is 9.92. The van der Waals surface area contributed by atoms with Gasteiger partial charge in [0.05, 0.1) is 5.69 Å². The molecule has 1 heterocycles. The Bertz CT molecular complexity index is 419. The number of hydrogen-bond acceptors (Lipinski definition) is 2. The zero-order valence-corrected chi connectivity index (χ0v) is 9.58. The Kier molecular flexibility index (Phi) is 2.79. The third-order valence-electron chi connectivity index (χ3n) is 2.24. The van der Waals surface area contributed by atoms with Crippen molar-refractivity contribution in [3.8, 4) is 0 Å². The molecule has 1 aromatic rings. The maximum atomic E-state index is 13.3. The summed E-state index contributed by atoms with van der Waals surface area (Å²) in [6, 6.07) is 1.13. The summed E-state index contributed by atoms with van der Waals surface area (Å²) < 4.78 is 27.5. The number of carboxylic acids is 1. The van der Waals surface area contributed by atoms with Crippen LogP contribution >= 0.6 is 0 Å². The van der Waals surface area contributed by atoms with Gasteiger partial charge in [-0.1, -0.05) is 20.8 Å². The Hall–Kier alpha value is -1.46. The van der Waals surface area contributed by atoms with Crippen LogP contribution in [-0.2, 0) is 23.2 Å². The van der Waals surface area contributed by atoms with Gasteiger partial charge < -0.3 is 5.11 Å². The molecule has 1 rings (SSSR count). The molecule has 0 fully saturated rings. The largest absolute Gasteiger partial charge is 0.476 e. The van der Waals surface area contributed by atoms with E-state index in [-0.39, 0.29) is 0 Å². The van der Waals surface area contributed by atoms with E-state index in [0.717, 1.165) is 10.7 Å². The first-order valence-corrected chi connectivity index (χ1v) is 4.73. The van der Waals surface area contributed by atoms with Gasteiger partial charge in [0.2, 0.25) is 0 Å². The van der Waals surface area contributed by atoms with Crippen molar-refractivity contribution >= 4 is 5.97 Å². The van der Waals surface area contributed by atoms with Gasteiger partial charge in [-0.25, -0.2) is 4.79 Å². The molecule has 0 aliphatic heterocycles. The summed E-state index contributed by atoms with van der Waals surface area (Å²) in [5.41, 5.74) is -0.569. The second kappa shape index (κ2) is 3.54. The number of aliphatic carboxylic acids is 1. The molecule has 0 radical (unpaired) electrons. The first kappa shape index (κ1) is 12.6. The first-order valence-electron chi connectivity index (χ1n) is 4.73. The second-order valence-electron chi connectivity index (χ2n) is 4.67. The standard InChI is InChI=1S/C10H14F2N2O2/c1-9(2,3)6-5-7(14(4)13-6)10(11,12)8(15)16/h5H,1-4H3,(H,15,16). The van der Waals surface area contributed by atoms with Crippen molar-refractivity contribution in [1.29, 1.82) is 0 Å². The van der Waals surface area contributed by atoms with Gasteiger partial charge in [-0.3, -0.25) is 4.68 Å². The Morgan fingerprint density at radius 1 is 1.44 bits per heavy atom. The zero-order valence-electron chi connectivity index (χ0n) is 9.58. The second-order valence-corrected chi connectivity index (χ2v) is 4.67. The average Bonchev–Trinajstić information content (AvgIpc) is 2.46. The quantitative estimate of drug-likeness (QED) is 0.847. The minimum absolute atomic E-state index is 0.398. The molecule has 0 bridgehead atoms. The minimum atomic E-state index is -3.91. The van der Waals surface area contributed by atoms with Crippen LogP contribution in [0.25, 0.3) is 0 Å². The fourth-order valence-electron chi connectivity index (χ4n) is 1.24. The van der Waals surface area contributed by atoms with Crippen LogP contribution in [0.2, 0.25) is 0 Å². The normalized spacial score (nSPS) is 12.9. The number of alkyl halides is 2. The van der Waals surface area contributed by atoms with E-state index in [2.05, 4.69) is 5.10 Å². The lowest BCUT2D eigenvalue weighted by molar-refractivity contribution is -0.167. The Balaban J connectivity index is 3.28. The number of nitrogens with zero attached hydrogens (tertiary/aromatic N) is 2. The van der Waals surface area contributed by atoms with Gasteiger partial charge in [-0.2, -0.15) is 13.9 Å². The van der Waals surface area contributed by atoms with Crippen molar-refractivity contribution in [2.75, 3.05) is 0 Å². The molecule has 0 aromatic carbocycles. The predicted molar refractivity (Wildman–Crippen MR) is 53.4 cm³/mol. The lowest BCUT2D eigenvalue weighted by Crippen LogP contribution is -2.27. The molecule has 0 saturated carbocycles. The molecule has 1 aromatic heterocycles. The highest BCUT2D eigenvalue weighted by atomic mass is 19.3. The number of aryl methyl sites for hydroxylation is 1. The summed E-state index contributed by atoms with van der Waals surface area (Å²) >= 11 is 0. The highest BCUT2D eigenvalue weighted by molar-refractivity contribution is 5.76. The molecule has 0 aliphatic rings. The van der Waals surface area contributed by atoms with E-state index in [4.69, 9.17) is 5.11 Å². The zero-order chi connectivity index (χ0) is 12.7. The molecule has 16 heavy (non-hydrogen) atoms. The van der Waals surface area contributed by atoms with Crippen LogP contribution in [0.3, 0.4) is 0 Å². The molecule has 0 aliphatic carbocycles. The van der Waals surface area contributed by atoms with Gasteiger partial charge >= 0.3 is 11.9 Å². The van der Waals surface area contributed by atoms with Crippen LogP contribution in [0.5, 0.6) is 0 Å². The van der Waals surface area contributed by atoms with E-state index < -0.39 is 23.0 Å². The van der Waals surface area contributed by atoms with Gasteiger partial charge in [0, 0.05) is 12.5 Å². The van der Waals surface area contributed by atoms with E-state index in [0.29, 0.717) is 5.69 Å². The van der Waals surface area contributed by atoms with E-state index >= 15 is 0 Å². The Morgan fingerprint density at radius 2 is 1.94 bits per heavy atom. The smallest absolute Gasteiger partial charge is 0.383 e. The maximum absolute atomic E-state index is 13.3. The molecule has 1 N–H and O–H groups in total. The number of carbonyl (C=O) groups is 1. The summed E-state index contributed by atoms with van der Waals surface area (Å²) in [4.78, 5) is 10.4. The van der Waals surface area contributed by atoms with Crippen molar-refractivity contribution in [3.63, 3.8) is 0 Å². The van der Waals surface area contributed by atoms with Gasteiger partial charge in [0.25, 0.3) is 0 Å². The van der Waals surface area contributed by atoms with Crippen LogP contribution in [-0.4, -0.2) is 20.9 Å². The van der Waals surface area contributed by atoms with Crippen molar-refractivity contribution < 1.29 is 18.7 Å². The molecule has 90 valence electrons. The molecular weight excluding hydrogens is 218 g/mol. The number of carboxylic acid groups (broad SMARTS) is 1. The molecule has 0 saturated heterocycles. The third kappa shape index (κ3) is 2.05. The summed E-state index contributed by atoms with van der Waals surface area (Å²) in [6.45, 7) is 5.45. The van der Waals surface area contributed by atoms with Gasteiger partial charge in [-0.05, 0) is 6.07 Å². The average molecular weight is 232 g/mol. The fraction of sp³-hybridized carbons (Fsp3) is 0.600.